The summed E-state index contributed by atoms with van der Waals surface area (Å²) < 4.78 is 4.82. The van der Waals surface area contributed by atoms with Gasteiger partial charge in [0.15, 0.2) is 5.78 Å². The third-order valence-electron chi connectivity index (χ3n) is 1.56. The maximum Gasteiger partial charge on any atom is 0.233 e. The fourth-order valence-electron chi connectivity index (χ4n) is 0.837. The summed E-state index contributed by atoms with van der Waals surface area (Å²) in [6.45, 7) is 1.69. The van der Waals surface area contributed by atoms with Crippen molar-refractivity contribution in [3.63, 3.8) is 0 Å². The lowest BCUT2D eigenvalue weighted by Gasteiger charge is -1.97. The van der Waals surface area contributed by atoms with Crippen molar-refractivity contribution in [3.8, 4) is 17.7 Å². The van der Waals surface area contributed by atoms with E-state index in [1.807, 2.05) is 0 Å². The Hall–Kier alpha value is -1.89. The Kier molecular flexibility index (Phi) is 3.62. The van der Waals surface area contributed by atoms with Crippen LogP contribution >= 0.6 is 0 Å². The quantitative estimate of drug-likeness (QED) is 0.528. The van der Waals surface area contributed by atoms with Gasteiger partial charge in [0.2, 0.25) is 5.88 Å². The second kappa shape index (κ2) is 4.97. The standard InChI is InChI=1S/C10H10N2O2/c1-3-4-5-9(13)8-6-7-10(14-2)12-11-8/h6-7H,5H2,1-2H3. The van der Waals surface area contributed by atoms with Crippen molar-refractivity contribution in [2.45, 2.75) is 13.3 Å². The zero-order chi connectivity index (χ0) is 10.4. The Labute approximate surface area is 82.3 Å². The monoisotopic (exact) mass is 190 g/mol. The average molecular weight is 190 g/mol. The Morgan fingerprint density at radius 2 is 2.29 bits per heavy atom. The van der Waals surface area contributed by atoms with Gasteiger partial charge in [0.1, 0.15) is 5.69 Å². The van der Waals surface area contributed by atoms with Crippen LogP contribution < -0.4 is 4.74 Å². The van der Waals surface area contributed by atoms with Crippen molar-refractivity contribution < 1.29 is 9.53 Å². The van der Waals surface area contributed by atoms with E-state index in [0.717, 1.165) is 0 Å². The molecule has 4 heteroatoms. The highest BCUT2D eigenvalue weighted by atomic mass is 16.5. The highest BCUT2D eigenvalue weighted by molar-refractivity contribution is 5.95. The number of methoxy groups -OCH3 is 1. The van der Waals surface area contributed by atoms with Crippen LogP contribution in [-0.2, 0) is 0 Å². The van der Waals surface area contributed by atoms with E-state index in [9.17, 15) is 4.79 Å². The summed E-state index contributed by atoms with van der Waals surface area (Å²) in [4.78, 5) is 11.4. The summed E-state index contributed by atoms with van der Waals surface area (Å²) in [6.07, 6.45) is 0.178. The molecule has 1 aromatic rings. The first-order chi connectivity index (χ1) is 6.77. The van der Waals surface area contributed by atoms with Gasteiger partial charge in [0.25, 0.3) is 0 Å². The minimum absolute atomic E-state index is 0.130. The van der Waals surface area contributed by atoms with Gasteiger partial charge in [0, 0.05) is 6.07 Å². The van der Waals surface area contributed by atoms with Gasteiger partial charge in [-0.1, -0.05) is 5.92 Å². The molecule has 0 aliphatic heterocycles. The first-order valence-corrected chi connectivity index (χ1v) is 4.08. The Morgan fingerprint density at radius 1 is 1.50 bits per heavy atom. The molecule has 0 aromatic carbocycles. The number of nitrogens with zero attached hydrogens (tertiary/aromatic N) is 2. The highest BCUT2D eigenvalue weighted by Crippen LogP contribution is 2.04. The molecule has 0 bridgehead atoms. The third-order valence-corrected chi connectivity index (χ3v) is 1.56. The smallest absolute Gasteiger partial charge is 0.233 e. The van der Waals surface area contributed by atoms with E-state index in [-0.39, 0.29) is 12.2 Å². The van der Waals surface area contributed by atoms with Gasteiger partial charge in [-0.25, -0.2) is 0 Å². The summed E-state index contributed by atoms with van der Waals surface area (Å²) in [5.74, 6) is 5.59. The van der Waals surface area contributed by atoms with Crippen molar-refractivity contribution in [2.75, 3.05) is 7.11 Å². The van der Waals surface area contributed by atoms with Crippen molar-refractivity contribution in [1.29, 1.82) is 0 Å². The van der Waals surface area contributed by atoms with Crippen molar-refractivity contribution in [3.05, 3.63) is 17.8 Å². The number of rotatable bonds is 3. The van der Waals surface area contributed by atoms with Crippen LogP contribution in [0.5, 0.6) is 5.88 Å². The normalized spacial score (nSPS) is 8.71. The molecule has 0 radical (unpaired) electrons. The predicted octanol–water partition coefficient (Wildman–Crippen LogP) is 1.08. The maximum atomic E-state index is 11.4. The Morgan fingerprint density at radius 3 is 2.79 bits per heavy atom. The number of aromatic nitrogens is 2. The molecule has 14 heavy (non-hydrogen) atoms. The van der Waals surface area contributed by atoms with Crippen LogP contribution in [0.15, 0.2) is 12.1 Å². The summed E-state index contributed by atoms with van der Waals surface area (Å²) in [7, 11) is 1.49. The number of ketones is 1. The van der Waals surface area contributed by atoms with E-state index < -0.39 is 0 Å². The molecule has 0 spiro atoms. The molecule has 0 saturated carbocycles. The largest absolute Gasteiger partial charge is 0.480 e. The lowest BCUT2D eigenvalue weighted by molar-refractivity contribution is 0.0992. The molecule has 0 saturated heterocycles. The van der Waals surface area contributed by atoms with E-state index in [4.69, 9.17) is 4.74 Å². The zero-order valence-electron chi connectivity index (χ0n) is 8.07. The zero-order valence-corrected chi connectivity index (χ0v) is 8.07. The number of hydrogen-bond donors (Lipinski definition) is 0. The fraction of sp³-hybridized carbons (Fsp3) is 0.300. The van der Waals surface area contributed by atoms with Crippen LogP contribution in [0, 0.1) is 11.8 Å². The molecule has 0 unspecified atom stereocenters. The number of Topliss-reactive ketones (excluding diaryl/α,β-unsaturated/α-hetero) is 1. The van der Waals surface area contributed by atoms with Gasteiger partial charge in [-0.05, 0) is 13.0 Å². The van der Waals surface area contributed by atoms with E-state index in [1.54, 1.807) is 19.1 Å². The average Bonchev–Trinajstić information content (AvgIpc) is 2.26. The molecule has 0 aliphatic rings. The second-order valence-corrected chi connectivity index (χ2v) is 2.49. The summed E-state index contributed by atoms with van der Waals surface area (Å²) in [5.41, 5.74) is 0.313. The highest BCUT2D eigenvalue weighted by Gasteiger charge is 2.06. The van der Waals surface area contributed by atoms with Crippen LogP contribution in [-0.4, -0.2) is 23.1 Å². The SMILES string of the molecule is CC#CCC(=O)c1ccc(OC)nn1. The number of carbonyl (C=O) groups excluding carboxylic acids is 1. The van der Waals surface area contributed by atoms with E-state index in [1.165, 1.54) is 7.11 Å². The molecule has 1 aromatic heterocycles. The fourth-order valence-corrected chi connectivity index (χ4v) is 0.837. The lowest BCUT2D eigenvalue weighted by Crippen LogP contribution is -2.03. The molecule has 0 aliphatic carbocycles. The summed E-state index contributed by atoms with van der Waals surface area (Å²) >= 11 is 0. The summed E-state index contributed by atoms with van der Waals surface area (Å²) in [6, 6.07) is 3.17. The molecule has 0 amide bonds. The van der Waals surface area contributed by atoms with Crippen molar-refractivity contribution >= 4 is 5.78 Å². The molecule has 0 fully saturated rings. The Bertz CT molecular complexity index is 373. The minimum atomic E-state index is -0.130. The molecule has 72 valence electrons. The summed E-state index contributed by atoms with van der Waals surface area (Å²) in [5, 5.41) is 7.40. The number of hydrogen-bond acceptors (Lipinski definition) is 4. The topological polar surface area (TPSA) is 52.1 Å². The van der Waals surface area contributed by atoms with E-state index >= 15 is 0 Å². The van der Waals surface area contributed by atoms with E-state index in [0.29, 0.717) is 11.6 Å². The van der Waals surface area contributed by atoms with E-state index in [2.05, 4.69) is 22.0 Å². The van der Waals surface area contributed by atoms with Crippen molar-refractivity contribution in [2.24, 2.45) is 0 Å². The molecule has 0 atom stereocenters. The van der Waals surface area contributed by atoms with Gasteiger partial charge in [0.05, 0.1) is 13.5 Å². The lowest BCUT2D eigenvalue weighted by atomic mass is 10.2. The van der Waals surface area contributed by atoms with Crippen LogP contribution in [0.25, 0.3) is 0 Å². The van der Waals surface area contributed by atoms with Gasteiger partial charge in [-0.2, -0.15) is 0 Å². The first-order valence-electron chi connectivity index (χ1n) is 4.08. The van der Waals surface area contributed by atoms with Crippen LogP contribution in [0.4, 0.5) is 0 Å². The number of ether oxygens (including phenoxy) is 1. The molecule has 1 rings (SSSR count). The second-order valence-electron chi connectivity index (χ2n) is 2.49. The third kappa shape index (κ3) is 2.56. The minimum Gasteiger partial charge on any atom is -0.480 e. The van der Waals surface area contributed by atoms with Crippen LogP contribution in [0.1, 0.15) is 23.8 Å². The molecular weight excluding hydrogens is 180 g/mol. The van der Waals surface area contributed by atoms with Gasteiger partial charge in [-0.3, -0.25) is 4.79 Å². The van der Waals surface area contributed by atoms with Crippen molar-refractivity contribution in [1.82, 2.24) is 10.2 Å². The van der Waals surface area contributed by atoms with Crippen LogP contribution in [0.2, 0.25) is 0 Å². The maximum absolute atomic E-state index is 11.4. The van der Waals surface area contributed by atoms with Gasteiger partial charge in [-0.15, -0.1) is 16.1 Å². The van der Waals surface area contributed by atoms with Crippen LogP contribution in [0.3, 0.4) is 0 Å². The predicted molar refractivity (Wildman–Crippen MR) is 51.0 cm³/mol. The molecular formula is C10H10N2O2. The molecule has 1 heterocycles. The molecule has 0 N–H and O–H groups in total. The van der Waals surface area contributed by atoms with Gasteiger partial charge >= 0.3 is 0 Å². The Balaban J connectivity index is 2.74. The first kappa shape index (κ1) is 10.2. The molecule has 4 nitrogen and oxygen atoms in total. The van der Waals surface area contributed by atoms with Gasteiger partial charge < -0.3 is 4.74 Å². The number of carbonyl (C=O) groups is 1.